The minimum Gasteiger partial charge on any atom is -0.479 e. The van der Waals surface area contributed by atoms with E-state index in [0.717, 1.165) is 18.3 Å². The second kappa shape index (κ2) is 5.67. The van der Waals surface area contributed by atoms with Gasteiger partial charge >= 0.3 is 18.3 Å². The number of anilines is 1. The summed E-state index contributed by atoms with van der Waals surface area (Å²) >= 11 is 0.989. The molecule has 0 radical (unpaired) electrons. The first-order valence-electron chi connectivity index (χ1n) is 6.77. The van der Waals surface area contributed by atoms with Crippen LogP contribution in [-0.2, 0) is 4.79 Å². The molecule has 1 aliphatic rings. The average Bonchev–Trinajstić information content (AvgIpc) is 2.99. The molecule has 1 atom stereocenters. The van der Waals surface area contributed by atoms with Gasteiger partial charge in [0.15, 0.2) is 22.2 Å². The van der Waals surface area contributed by atoms with Gasteiger partial charge in [0, 0.05) is 12.1 Å². The normalized spacial score (nSPS) is 17.1. The molecule has 0 aliphatic carbocycles. The topological polar surface area (TPSA) is 130 Å². The van der Waals surface area contributed by atoms with Crippen LogP contribution in [0.15, 0.2) is 12.1 Å². The van der Waals surface area contributed by atoms with Crippen molar-refractivity contribution in [2.75, 3.05) is 11.9 Å². The number of ether oxygens (including phenoxy) is 2. The number of rotatable bonds is 4. The Hall–Kier alpha value is -2.73. The van der Waals surface area contributed by atoms with E-state index in [-0.39, 0.29) is 16.6 Å². The van der Waals surface area contributed by atoms with Crippen molar-refractivity contribution in [3.63, 3.8) is 0 Å². The number of aliphatic hydroxyl groups is 1. The lowest BCUT2D eigenvalue weighted by atomic mass is 10.1. The van der Waals surface area contributed by atoms with E-state index in [1.807, 2.05) is 0 Å². The number of amides is 2. The highest BCUT2D eigenvalue weighted by molar-refractivity contribution is 7.22. The molecule has 9 nitrogen and oxygen atoms in total. The van der Waals surface area contributed by atoms with Crippen LogP contribution in [0.3, 0.4) is 0 Å². The van der Waals surface area contributed by atoms with Gasteiger partial charge < -0.3 is 25.0 Å². The second-order valence-electron chi connectivity index (χ2n) is 5.34. The van der Waals surface area contributed by atoms with Gasteiger partial charge in [0.25, 0.3) is 0 Å². The average molecular weight is 375 g/mol. The maximum Gasteiger partial charge on any atom is 0.586 e. The maximum atomic E-state index is 13.0. The Morgan fingerprint density at radius 2 is 2.00 bits per heavy atom. The summed E-state index contributed by atoms with van der Waals surface area (Å²) in [4.78, 5) is 26.5. The zero-order chi connectivity index (χ0) is 18.4. The lowest BCUT2D eigenvalue weighted by molar-refractivity contribution is -0.286. The van der Waals surface area contributed by atoms with Gasteiger partial charge in [0.1, 0.15) is 0 Å². The van der Waals surface area contributed by atoms with Crippen molar-refractivity contribution in [1.29, 1.82) is 0 Å². The molecule has 3 rings (SSSR count). The number of nitrogens with one attached hydrogen (secondary N) is 2. The van der Waals surface area contributed by atoms with Crippen LogP contribution < -0.4 is 20.1 Å². The minimum absolute atomic E-state index is 0.137. The summed E-state index contributed by atoms with van der Waals surface area (Å²) in [6.45, 7) is 0.509. The van der Waals surface area contributed by atoms with E-state index in [1.54, 1.807) is 0 Å². The molecular formula is C13H11F2N3O6S. The Labute approximate surface area is 142 Å². The summed E-state index contributed by atoms with van der Waals surface area (Å²) in [5, 5.41) is 22.9. The highest BCUT2D eigenvalue weighted by atomic mass is 32.1. The molecule has 0 saturated carbocycles. The van der Waals surface area contributed by atoms with E-state index >= 15 is 0 Å². The predicted molar refractivity (Wildman–Crippen MR) is 81.1 cm³/mol. The van der Waals surface area contributed by atoms with Gasteiger partial charge in [-0.25, -0.2) is 14.6 Å². The fraction of sp³-hybridized carbons (Fsp3) is 0.308. The standard InChI is InChI=1S/C13H11F2N3O6S/c1-12(22,9(19)20)4-16-10(21)18-11-17-5-2-6-7(3-8(5)25-11)24-13(14,15)23-6/h2-3,22H,4H2,1H3,(H,19,20)(H2,16,17,18,21). The fourth-order valence-electron chi connectivity index (χ4n) is 1.90. The zero-order valence-electron chi connectivity index (χ0n) is 12.5. The van der Waals surface area contributed by atoms with Crippen LogP contribution >= 0.6 is 11.3 Å². The molecule has 1 aromatic carbocycles. The van der Waals surface area contributed by atoms with Gasteiger partial charge in [-0.05, 0) is 6.92 Å². The number of aliphatic carboxylic acids is 1. The molecule has 4 N–H and O–H groups in total. The first-order chi connectivity index (χ1) is 11.6. The van der Waals surface area contributed by atoms with Crippen LogP contribution in [0, 0.1) is 0 Å². The van der Waals surface area contributed by atoms with E-state index in [9.17, 15) is 23.5 Å². The second-order valence-corrected chi connectivity index (χ2v) is 6.37. The van der Waals surface area contributed by atoms with E-state index in [2.05, 4.69) is 25.1 Å². The van der Waals surface area contributed by atoms with Crippen molar-refractivity contribution >= 4 is 38.7 Å². The lowest BCUT2D eigenvalue weighted by Gasteiger charge is -2.18. The van der Waals surface area contributed by atoms with Crippen LogP contribution in [-0.4, -0.2) is 45.6 Å². The van der Waals surface area contributed by atoms with E-state index in [1.165, 1.54) is 12.1 Å². The van der Waals surface area contributed by atoms with Crippen molar-refractivity contribution in [2.45, 2.75) is 18.8 Å². The number of thiazole rings is 1. The molecule has 0 spiro atoms. The number of hydrogen-bond acceptors (Lipinski definition) is 7. The molecule has 0 bridgehead atoms. The summed E-state index contributed by atoms with van der Waals surface area (Å²) in [6, 6.07) is 1.77. The maximum absolute atomic E-state index is 13.0. The van der Waals surface area contributed by atoms with Gasteiger partial charge in [-0.1, -0.05) is 11.3 Å². The molecule has 0 fully saturated rings. The molecular weight excluding hydrogens is 364 g/mol. The van der Waals surface area contributed by atoms with E-state index in [4.69, 9.17) is 5.11 Å². The number of carbonyl (C=O) groups is 2. The van der Waals surface area contributed by atoms with Gasteiger partial charge in [-0.15, -0.1) is 8.78 Å². The molecule has 25 heavy (non-hydrogen) atoms. The number of nitrogens with zero attached hydrogens (tertiary/aromatic N) is 1. The van der Waals surface area contributed by atoms with Gasteiger partial charge in [-0.2, -0.15) is 0 Å². The highest BCUT2D eigenvalue weighted by Gasteiger charge is 2.43. The first kappa shape index (κ1) is 17.1. The molecule has 1 aliphatic heterocycles. The Balaban J connectivity index is 1.69. The third-order valence-electron chi connectivity index (χ3n) is 3.19. The van der Waals surface area contributed by atoms with E-state index in [0.29, 0.717) is 10.2 Å². The number of benzene rings is 1. The van der Waals surface area contributed by atoms with Crippen molar-refractivity contribution in [3.05, 3.63) is 12.1 Å². The molecule has 0 saturated heterocycles. The summed E-state index contributed by atoms with van der Waals surface area (Å²) in [5.74, 6) is -1.80. The van der Waals surface area contributed by atoms with E-state index < -0.39 is 30.4 Å². The molecule has 134 valence electrons. The number of carboxylic acid groups (broad SMARTS) is 1. The summed E-state index contributed by atoms with van der Waals surface area (Å²) < 4.78 is 35.1. The van der Waals surface area contributed by atoms with Crippen molar-refractivity contribution < 1.29 is 38.1 Å². The quantitative estimate of drug-likeness (QED) is 0.638. The van der Waals surface area contributed by atoms with Crippen LogP contribution in [0.5, 0.6) is 11.5 Å². The Morgan fingerprint density at radius 1 is 1.36 bits per heavy atom. The van der Waals surface area contributed by atoms with Crippen LogP contribution in [0.4, 0.5) is 18.7 Å². The number of aromatic nitrogens is 1. The largest absolute Gasteiger partial charge is 0.586 e. The Kier molecular flexibility index (Phi) is 3.88. The minimum atomic E-state index is -3.73. The Bertz CT molecular complexity index is 824. The Morgan fingerprint density at radius 3 is 2.64 bits per heavy atom. The molecule has 2 aromatic rings. The lowest BCUT2D eigenvalue weighted by Crippen LogP contribution is -2.47. The summed E-state index contributed by atoms with van der Waals surface area (Å²) in [5.41, 5.74) is -1.82. The fourth-order valence-corrected chi connectivity index (χ4v) is 2.77. The smallest absolute Gasteiger partial charge is 0.479 e. The summed E-state index contributed by atoms with van der Waals surface area (Å²) in [6.07, 6.45) is -3.73. The molecule has 2 heterocycles. The van der Waals surface area contributed by atoms with Crippen molar-refractivity contribution in [2.24, 2.45) is 0 Å². The van der Waals surface area contributed by atoms with Gasteiger partial charge in [-0.3, -0.25) is 5.32 Å². The molecule has 2 amide bonds. The SMILES string of the molecule is CC(O)(CNC(=O)Nc1nc2cc3c(cc2s1)OC(F)(F)O3)C(=O)O. The number of fused-ring (bicyclic) bond motifs is 2. The van der Waals surface area contributed by atoms with Gasteiger partial charge in [0.2, 0.25) is 0 Å². The van der Waals surface area contributed by atoms with Crippen LogP contribution in [0.2, 0.25) is 0 Å². The molecule has 1 aromatic heterocycles. The monoisotopic (exact) mass is 375 g/mol. The molecule has 12 heteroatoms. The molecule has 1 unspecified atom stereocenters. The number of halogens is 2. The van der Waals surface area contributed by atoms with Crippen molar-refractivity contribution in [3.8, 4) is 11.5 Å². The third kappa shape index (κ3) is 3.53. The van der Waals surface area contributed by atoms with Crippen LogP contribution in [0.25, 0.3) is 10.2 Å². The number of alkyl halides is 2. The zero-order valence-corrected chi connectivity index (χ0v) is 13.3. The predicted octanol–water partition coefficient (Wildman–Crippen LogP) is 1.57. The number of hydrogen-bond donors (Lipinski definition) is 4. The van der Waals surface area contributed by atoms with Crippen molar-refractivity contribution in [1.82, 2.24) is 10.3 Å². The number of carboxylic acids is 1. The van der Waals surface area contributed by atoms with Gasteiger partial charge in [0.05, 0.1) is 16.8 Å². The number of carbonyl (C=O) groups excluding carboxylic acids is 1. The third-order valence-corrected chi connectivity index (χ3v) is 4.12. The van der Waals surface area contributed by atoms with Crippen LogP contribution in [0.1, 0.15) is 6.92 Å². The first-order valence-corrected chi connectivity index (χ1v) is 7.58. The summed E-state index contributed by atoms with van der Waals surface area (Å²) in [7, 11) is 0. The highest BCUT2D eigenvalue weighted by Crippen LogP contribution is 2.44. The number of urea groups is 1.